The molecule has 3 aromatic rings. The number of benzene rings is 1. The van der Waals surface area contributed by atoms with Crippen molar-refractivity contribution in [1.82, 2.24) is 15.0 Å². The second kappa shape index (κ2) is 5.25. The number of nitrogens with zero attached hydrogens (tertiary/aromatic N) is 3. The van der Waals surface area contributed by atoms with Crippen LogP contribution in [-0.4, -0.2) is 21.5 Å². The van der Waals surface area contributed by atoms with Crippen LogP contribution in [0.15, 0.2) is 42.7 Å². The Labute approximate surface area is 117 Å². The molecule has 0 aliphatic carbocycles. The first-order valence-corrected chi connectivity index (χ1v) is 6.70. The predicted octanol–water partition coefficient (Wildman–Crippen LogP) is 3.43. The molecule has 0 fully saturated rings. The molecule has 0 amide bonds. The van der Waals surface area contributed by atoms with Crippen LogP contribution in [0.4, 0.5) is 5.95 Å². The highest BCUT2D eigenvalue weighted by molar-refractivity contribution is 5.95. The number of fused-ring (bicyclic) bond motifs is 1. The zero-order valence-electron chi connectivity index (χ0n) is 11.6. The quantitative estimate of drug-likeness (QED) is 0.787. The Morgan fingerprint density at radius 3 is 2.90 bits per heavy atom. The Bertz CT molecular complexity index is 747. The van der Waals surface area contributed by atoms with Gasteiger partial charge in [0.15, 0.2) is 0 Å². The monoisotopic (exact) mass is 264 g/mol. The molecule has 0 aliphatic heterocycles. The van der Waals surface area contributed by atoms with Gasteiger partial charge in [0.2, 0.25) is 5.95 Å². The minimum Gasteiger partial charge on any atom is -0.354 e. The van der Waals surface area contributed by atoms with Gasteiger partial charge in [-0.15, -0.1) is 0 Å². The van der Waals surface area contributed by atoms with E-state index in [2.05, 4.69) is 32.4 Å². The summed E-state index contributed by atoms with van der Waals surface area (Å²) < 4.78 is 0. The summed E-state index contributed by atoms with van der Waals surface area (Å²) in [6.45, 7) is 4.83. The van der Waals surface area contributed by atoms with Crippen LogP contribution in [0, 0.1) is 6.92 Å². The highest BCUT2D eigenvalue weighted by atomic mass is 15.1. The van der Waals surface area contributed by atoms with Crippen molar-refractivity contribution in [2.45, 2.75) is 13.8 Å². The van der Waals surface area contributed by atoms with Crippen LogP contribution >= 0.6 is 0 Å². The standard InChI is InChI=1S/C16H16N4/c1-3-18-16-19-11(2)9-15(20-16)14-6-4-5-12-10-17-8-7-13(12)14/h4-10H,3H2,1-2H3,(H,18,19,20). The van der Waals surface area contributed by atoms with Crippen LogP contribution in [0.5, 0.6) is 0 Å². The van der Waals surface area contributed by atoms with Gasteiger partial charge in [-0.05, 0) is 31.4 Å². The maximum atomic E-state index is 4.60. The van der Waals surface area contributed by atoms with Gasteiger partial charge in [0.25, 0.3) is 0 Å². The number of rotatable bonds is 3. The molecular weight excluding hydrogens is 248 g/mol. The summed E-state index contributed by atoms with van der Waals surface area (Å²) in [5.41, 5.74) is 3.00. The summed E-state index contributed by atoms with van der Waals surface area (Å²) >= 11 is 0. The Balaban J connectivity index is 2.20. The Kier molecular flexibility index (Phi) is 3.29. The van der Waals surface area contributed by atoms with E-state index in [1.165, 1.54) is 0 Å². The van der Waals surface area contributed by atoms with E-state index >= 15 is 0 Å². The molecule has 1 N–H and O–H groups in total. The number of aryl methyl sites for hydroxylation is 1. The molecule has 0 bridgehead atoms. The first-order valence-electron chi connectivity index (χ1n) is 6.70. The molecule has 2 heterocycles. The SMILES string of the molecule is CCNc1nc(C)cc(-c2cccc3cnccc23)n1. The van der Waals surface area contributed by atoms with Crippen molar-refractivity contribution in [3.8, 4) is 11.3 Å². The van der Waals surface area contributed by atoms with Crippen LogP contribution in [0.3, 0.4) is 0 Å². The summed E-state index contributed by atoms with van der Waals surface area (Å²) in [5.74, 6) is 0.675. The highest BCUT2D eigenvalue weighted by Crippen LogP contribution is 2.27. The fourth-order valence-corrected chi connectivity index (χ4v) is 2.29. The van der Waals surface area contributed by atoms with E-state index in [1.54, 1.807) is 0 Å². The first kappa shape index (κ1) is 12.5. The zero-order chi connectivity index (χ0) is 13.9. The summed E-state index contributed by atoms with van der Waals surface area (Å²) in [6.07, 6.45) is 3.68. The van der Waals surface area contributed by atoms with Crippen LogP contribution < -0.4 is 5.32 Å². The van der Waals surface area contributed by atoms with Crippen molar-refractivity contribution >= 4 is 16.7 Å². The van der Waals surface area contributed by atoms with E-state index in [-0.39, 0.29) is 0 Å². The summed E-state index contributed by atoms with van der Waals surface area (Å²) in [6, 6.07) is 10.2. The predicted molar refractivity (Wildman–Crippen MR) is 81.7 cm³/mol. The third kappa shape index (κ3) is 2.32. The average Bonchev–Trinajstić information content (AvgIpc) is 2.46. The van der Waals surface area contributed by atoms with Crippen LogP contribution in [0.1, 0.15) is 12.6 Å². The molecule has 0 aliphatic rings. The molecule has 1 aromatic carbocycles. The molecule has 4 heteroatoms. The summed E-state index contributed by atoms with van der Waals surface area (Å²) in [5, 5.41) is 5.44. The lowest BCUT2D eigenvalue weighted by molar-refractivity contribution is 1.06. The van der Waals surface area contributed by atoms with E-state index in [4.69, 9.17) is 0 Å². The van der Waals surface area contributed by atoms with Gasteiger partial charge in [-0.2, -0.15) is 0 Å². The van der Waals surface area contributed by atoms with Gasteiger partial charge < -0.3 is 5.32 Å². The van der Waals surface area contributed by atoms with E-state index in [0.717, 1.165) is 34.3 Å². The number of pyridine rings is 1. The van der Waals surface area contributed by atoms with Crippen molar-refractivity contribution in [1.29, 1.82) is 0 Å². The van der Waals surface area contributed by atoms with Crippen molar-refractivity contribution in [3.63, 3.8) is 0 Å². The molecule has 4 nitrogen and oxygen atoms in total. The molecule has 2 aromatic heterocycles. The van der Waals surface area contributed by atoms with Gasteiger partial charge in [-0.1, -0.05) is 18.2 Å². The Morgan fingerprint density at radius 2 is 2.05 bits per heavy atom. The lowest BCUT2D eigenvalue weighted by Gasteiger charge is -2.09. The fraction of sp³-hybridized carbons (Fsp3) is 0.188. The lowest BCUT2D eigenvalue weighted by atomic mass is 10.0. The maximum Gasteiger partial charge on any atom is 0.223 e. The average molecular weight is 264 g/mol. The Morgan fingerprint density at radius 1 is 1.15 bits per heavy atom. The molecule has 0 saturated heterocycles. The van der Waals surface area contributed by atoms with E-state index < -0.39 is 0 Å². The maximum absolute atomic E-state index is 4.60. The summed E-state index contributed by atoms with van der Waals surface area (Å²) in [7, 11) is 0. The Hall–Kier alpha value is -2.49. The number of aromatic nitrogens is 3. The van der Waals surface area contributed by atoms with Gasteiger partial charge in [0.1, 0.15) is 0 Å². The van der Waals surface area contributed by atoms with Gasteiger partial charge in [-0.3, -0.25) is 4.98 Å². The van der Waals surface area contributed by atoms with E-state index in [9.17, 15) is 0 Å². The minimum atomic E-state index is 0.675. The second-order valence-electron chi connectivity index (χ2n) is 4.65. The van der Waals surface area contributed by atoms with Gasteiger partial charge in [0.05, 0.1) is 5.69 Å². The third-order valence-electron chi connectivity index (χ3n) is 3.15. The minimum absolute atomic E-state index is 0.675. The molecular formula is C16H16N4. The van der Waals surface area contributed by atoms with E-state index in [0.29, 0.717) is 5.95 Å². The zero-order valence-corrected chi connectivity index (χ0v) is 11.6. The van der Waals surface area contributed by atoms with Crippen molar-refractivity contribution < 1.29 is 0 Å². The van der Waals surface area contributed by atoms with Gasteiger partial charge >= 0.3 is 0 Å². The second-order valence-corrected chi connectivity index (χ2v) is 4.65. The lowest BCUT2D eigenvalue weighted by Crippen LogP contribution is -2.04. The molecule has 0 spiro atoms. The number of hydrogen-bond acceptors (Lipinski definition) is 4. The van der Waals surface area contributed by atoms with Gasteiger partial charge in [-0.25, -0.2) is 9.97 Å². The number of nitrogens with one attached hydrogen (secondary N) is 1. The molecule has 3 rings (SSSR count). The van der Waals surface area contributed by atoms with Crippen molar-refractivity contribution in [3.05, 3.63) is 48.4 Å². The third-order valence-corrected chi connectivity index (χ3v) is 3.15. The largest absolute Gasteiger partial charge is 0.354 e. The highest BCUT2D eigenvalue weighted by Gasteiger charge is 2.07. The normalized spacial score (nSPS) is 10.7. The van der Waals surface area contributed by atoms with E-state index in [1.807, 2.05) is 44.4 Å². The molecule has 100 valence electrons. The molecule has 0 atom stereocenters. The number of hydrogen-bond donors (Lipinski definition) is 1. The molecule has 0 radical (unpaired) electrons. The van der Waals surface area contributed by atoms with Crippen LogP contribution in [0.2, 0.25) is 0 Å². The topological polar surface area (TPSA) is 50.7 Å². The van der Waals surface area contributed by atoms with Crippen molar-refractivity contribution in [2.75, 3.05) is 11.9 Å². The molecule has 0 saturated carbocycles. The smallest absolute Gasteiger partial charge is 0.223 e. The fourth-order valence-electron chi connectivity index (χ4n) is 2.29. The molecule has 20 heavy (non-hydrogen) atoms. The van der Waals surface area contributed by atoms with Crippen molar-refractivity contribution in [2.24, 2.45) is 0 Å². The van der Waals surface area contributed by atoms with Gasteiger partial charge in [0, 0.05) is 35.6 Å². The summed E-state index contributed by atoms with van der Waals surface area (Å²) in [4.78, 5) is 13.2. The molecule has 0 unspecified atom stereocenters. The number of anilines is 1. The first-order chi connectivity index (χ1) is 9.78. The van der Waals surface area contributed by atoms with Crippen LogP contribution in [0.25, 0.3) is 22.0 Å². The van der Waals surface area contributed by atoms with Crippen LogP contribution in [-0.2, 0) is 0 Å².